The van der Waals surface area contributed by atoms with Crippen LogP contribution in [0.3, 0.4) is 0 Å². The van der Waals surface area contributed by atoms with Gasteiger partial charge in [-0.3, -0.25) is 4.79 Å². The Morgan fingerprint density at radius 3 is 2.81 bits per heavy atom. The molecule has 7 nitrogen and oxygen atoms in total. The Kier molecular flexibility index (Phi) is 6.65. The van der Waals surface area contributed by atoms with Gasteiger partial charge >= 0.3 is 0 Å². The van der Waals surface area contributed by atoms with Crippen molar-refractivity contribution >= 4 is 11.7 Å². The number of likely N-dealkylation sites (tertiary alicyclic amines) is 1. The maximum Gasteiger partial charge on any atom is 0.219 e. The van der Waals surface area contributed by atoms with Gasteiger partial charge in [-0.25, -0.2) is 14.4 Å². The van der Waals surface area contributed by atoms with Crippen LogP contribution in [0.2, 0.25) is 0 Å². The summed E-state index contributed by atoms with van der Waals surface area (Å²) < 4.78 is 18.8. The number of ether oxygens (including phenoxy) is 1. The van der Waals surface area contributed by atoms with Crippen LogP contribution in [0.1, 0.15) is 42.8 Å². The van der Waals surface area contributed by atoms with Crippen molar-refractivity contribution in [3.05, 3.63) is 47.2 Å². The van der Waals surface area contributed by atoms with Gasteiger partial charge in [0, 0.05) is 37.9 Å². The summed E-state index contributed by atoms with van der Waals surface area (Å²) in [6, 6.07) is 6.00. The summed E-state index contributed by atoms with van der Waals surface area (Å²) in [5.74, 6) is 2.42. The number of halogens is 1. The second kappa shape index (κ2) is 9.60. The van der Waals surface area contributed by atoms with E-state index in [1.54, 1.807) is 19.1 Å². The molecule has 2 aromatic rings. The molecule has 1 saturated heterocycles. The van der Waals surface area contributed by atoms with Crippen molar-refractivity contribution in [2.24, 2.45) is 0 Å². The highest BCUT2D eigenvalue weighted by molar-refractivity contribution is 5.74. The Bertz CT molecular complexity index is 921. The lowest BCUT2D eigenvalue weighted by Crippen LogP contribution is -2.36. The number of piperidine rings is 1. The van der Waals surface area contributed by atoms with Gasteiger partial charge in [0.2, 0.25) is 5.91 Å². The molecule has 0 bridgehead atoms. The molecule has 1 fully saturated rings. The molecule has 2 aliphatic heterocycles. The van der Waals surface area contributed by atoms with Crippen LogP contribution < -0.4 is 10.1 Å². The Hall–Kier alpha value is -2.74. The molecule has 1 aromatic heterocycles. The minimum atomic E-state index is -0.283. The van der Waals surface area contributed by atoms with Crippen molar-refractivity contribution in [2.45, 2.75) is 38.6 Å². The van der Waals surface area contributed by atoms with E-state index in [1.165, 1.54) is 12.1 Å². The van der Waals surface area contributed by atoms with E-state index >= 15 is 0 Å². The van der Waals surface area contributed by atoms with Crippen molar-refractivity contribution in [3.63, 3.8) is 0 Å². The number of amides is 1. The molecule has 1 N–H and O–H groups in total. The van der Waals surface area contributed by atoms with Gasteiger partial charge < -0.3 is 19.9 Å². The van der Waals surface area contributed by atoms with Gasteiger partial charge in [0.25, 0.3) is 0 Å². The summed E-state index contributed by atoms with van der Waals surface area (Å²) in [5, 5.41) is 3.40. The monoisotopic (exact) mass is 427 g/mol. The minimum Gasteiger partial charge on any atom is -0.492 e. The van der Waals surface area contributed by atoms with Crippen LogP contribution in [-0.2, 0) is 17.8 Å². The average Bonchev–Trinajstić information content (AvgIpc) is 2.77. The van der Waals surface area contributed by atoms with E-state index in [0.29, 0.717) is 37.9 Å². The number of anilines is 1. The van der Waals surface area contributed by atoms with E-state index in [9.17, 15) is 9.18 Å². The summed E-state index contributed by atoms with van der Waals surface area (Å²) in [7, 11) is 2.14. The molecule has 0 unspecified atom stereocenters. The molecule has 31 heavy (non-hydrogen) atoms. The van der Waals surface area contributed by atoms with Crippen LogP contribution in [0.4, 0.5) is 10.2 Å². The number of aromatic nitrogens is 2. The van der Waals surface area contributed by atoms with E-state index in [2.05, 4.69) is 17.3 Å². The van der Waals surface area contributed by atoms with Gasteiger partial charge in [0.1, 0.15) is 29.8 Å². The molecule has 8 heteroatoms. The first-order chi connectivity index (χ1) is 15.0. The predicted octanol–water partition coefficient (Wildman–Crippen LogP) is 2.82. The highest BCUT2D eigenvalue weighted by Gasteiger charge is 2.27. The SMILES string of the molecule is CC(=O)N1CCc2nc([C@@H]3CCCN(C)C3)nc(NCCOc3ccc(F)cc3)c2C1. The smallest absolute Gasteiger partial charge is 0.219 e. The Balaban J connectivity index is 1.49. The molecule has 0 radical (unpaired) electrons. The Labute approximate surface area is 182 Å². The second-order valence-corrected chi connectivity index (χ2v) is 8.38. The number of rotatable bonds is 6. The van der Waals surface area contributed by atoms with Gasteiger partial charge in [-0.15, -0.1) is 0 Å². The number of nitrogens with zero attached hydrogens (tertiary/aromatic N) is 4. The molecule has 0 aliphatic carbocycles. The van der Waals surface area contributed by atoms with E-state index in [4.69, 9.17) is 14.7 Å². The van der Waals surface area contributed by atoms with E-state index < -0.39 is 0 Å². The van der Waals surface area contributed by atoms with Crippen molar-refractivity contribution in [2.75, 3.05) is 45.2 Å². The molecule has 4 rings (SSSR count). The summed E-state index contributed by atoms with van der Waals surface area (Å²) >= 11 is 0. The summed E-state index contributed by atoms with van der Waals surface area (Å²) in [5.41, 5.74) is 2.04. The topological polar surface area (TPSA) is 70.6 Å². The third kappa shape index (κ3) is 5.31. The number of carbonyl (C=O) groups excluding carboxylic acids is 1. The third-order valence-corrected chi connectivity index (χ3v) is 5.99. The zero-order chi connectivity index (χ0) is 21.8. The maximum atomic E-state index is 13.0. The third-order valence-electron chi connectivity index (χ3n) is 5.99. The molecule has 0 spiro atoms. The number of carbonyl (C=O) groups is 1. The van der Waals surface area contributed by atoms with Crippen LogP contribution in [0, 0.1) is 5.82 Å². The summed E-state index contributed by atoms with van der Waals surface area (Å²) in [6.45, 7) is 5.86. The number of benzene rings is 1. The van der Waals surface area contributed by atoms with Gasteiger partial charge in [0.15, 0.2) is 0 Å². The van der Waals surface area contributed by atoms with Gasteiger partial charge in [-0.2, -0.15) is 0 Å². The molecule has 1 atom stereocenters. The number of fused-ring (bicyclic) bond motifs is 1. The highest BCUT2D eigenvalue weighted by Crippen LogP contribution is 2.29. The van der Waals surface area contributed by atoms with Crippen molar-refractivity contribution in [1.29, 1.82) is 0 Å². The van der Waals surface area contributed by atoms with Gasteiger partial charge in [-0.05, 0) is 50.7 Å². The molecule has 3 heterocycles. The van der Waals surface area contributed by atoms with Crippen molar-refractivity contribution in [1.82, 2.24) is 19.8 Å². The lowest BCUT2D eigenvalue weighted by molar-refractivity contribution is -0.129. The van der Waals surface area contributed by atoms with E-state index in [1.807, 2.05) is 4.90 Å². The molecule has 2 aliphatic rings. The van der Waals surface area contributed by atoms with Crippen molar-refractivity contribution in [3.8, 4) is 5.75 Å². The summed E-state index contributed by atoms with van der Waals surface area (Å²) in [4.78, 5) is 25.9. The van der Waals surface area contributed by atoms with Crippen molar-refractivity contribution < 1.29 is 13.9 Å². The first-order valence-electron chi connectivity index (χ1n) is 11.0. The molecule has 0 saturated carbocycles. The lowest BCUT2D eigenvalue weighted by Gasteiger charge is -2.32. The Morgan fingerprint density at radius 2 is 2.06 bits per heavy atom. The molecule has 166 valence electrons. The van der Waals surface area contributed by atoms with E-state index in [-0.39, 0.29) is 11.7 Å². The van der Waals surface area contributed by atoms with Crippen LogP contribution >= 0.6 is 0 Å². The first kappa shape index (κ1) is 21.5. The summed E-state index contributed by atoms with van der Waals surface area (Å²) in [6.07, 6.45) is 2.98. The molecule has 1 aromatic carbocycles. The number of hydrogen-bond acceptors (Lipinski definition) is 6. The zero-order valence-corrected chi connectivity index (χ0v) is 18.2. The van der Waals surface area contributed by atoms with Gasteiger partial charge in [0.05, 0.1) is 18.8 Å². The number of nitrogens with one attached hydrogen (secondary N) is 1. The second-order valence-electron chi connectivity index (χ2n) is 8.38. The lowest BCUT2D eigenvalue weighted by atomic mass is 9.96. The molecular weight excluding hydrogens is 397 g/mol. The van der Waals surface area contributed by atoms with E-state index in [0.717, 1.165) is 55.3 Å². The fourth-order valence-electron chi connectivity index (χ4n) is 4.28. The highest BCUT2D eigenvalue weighted by atomic mass is 19.1. The van der Waals surface area contributed by atoms with Crippen LogP contribution in [-0.4, -0.2) is 65.5 Å². The van der Waals surface area contributed by atoms with Crippen LogP contribution in [0.25, 0.3) is 0 Å². The largest absolute Gasteiger partial charge is 0.492 e. The Morgan fingerprint density at radius 1 is 1.26 bits per heavy atom. The number of likely N-dealkylation sites (N-methyl/N-ethyl adjacent to an activating group) is 1. The normalized spacial score (nSPS) is 19.1. The van der Waals surface area contributed by atoms with Gasteiger partial charge in [-0.1, -0.05) is 0 Å². The average molecular weight is 428 g/mol. The number of hydrogen-bond donors (Lipinski definition) is 1. The quantitative estimate of drug-likeness (QED) is 0.715. The minimum absolute atomic E-state index is 0.0641. The van der Waals surface area contributed by atoms with Crippen LogP contribution in [0.15, 0.2) is 24.3 Å². The molecular formula is C23H30FN5O2. The first-order valence-corrected chi connectivity index (χ1v) is 11.0. The molecule has 1 amide bonds. The van der Waals surface area contributed by atoms with Crippen LogP contribution in [0.5, 0.6) is 5.75 Å². The maximum absolute atomic E-state index is 13.0. The fraction of sp³-hybridized carbons (Fsp3) is 0.522. The standard InChI is InChI=1S/C23H30FN5O2/c1-16(30)29-12-9-21-20(15-29)23(25-10-13-31-19-7-5-18(24)6-8-19)27-22(26-21)17-4-3-11-28(2)14-17/h5-8,17H,3-4,9-15H2,1-2H3,(H,25,26,27)/t17-/m1/s1. The predicted molar refractivity (Wildman–Crippen MR) is 117 cm³/mol. The zero-order valence-electron chi connectivity index (χ0n) is 18.2. The fourth-order valence-corrected chi connectivity index (χ4v) is 4.28.